The first-order valence-electron chi connectivity index (χ1n) is 10.5. The minimum atomic E-state index is -1.10. The fourth-order valence-electron chi connectivity index (χ4n) is 3.74. The van der Waals surface area contributed by atoms with Gasteiger partial charge in [-0.2, -0.15) is 25.3 Å². The molecule has 1 aliphatic carbocycles. The molecule has 2 atom stereocenters. The van der Waals surface area contributed by atoms with Crippen LogP contribution in [0.5, 0.6) is 0 Å². The highest BCUT2D eigenvalue weighted by Crippen LogP contribution is 2.32. The number of methoxy groups -OCH3 is 2. The second kappa shape index (κ2) is 11.4. The van der Waals surface area contributed by atoms with Crippen LogP contribution in [0, 0.1) is 0 Å². The average molecular weight is 531 g/mol. The fraction of sp³-hybridized carbons (Fsp3) is 0.250. The number of carbonyl (C=O) groups excluding carboxylic acids is 6. The summed E-state index contributed by atoms with van der Waals surface area (Å²) in [5.41, 5.74) is -0.805. The van der Waals surface area contributed by atoms with Gasteiger partial charge in [-0.1, -0.05) is 24.3 Å². The van der Waals surface area contributed by atoms with Crippen molar-refractivity contribution in [2.75, 3.05) is 25.7 Å². The number of hydrogen-bond donors (Lipinski definition) is 4. The molecule has 0 unspecified atom stereocenters. The van der Waals surface area contributed by atoms with Crippen LogP contribution in [-0.2, 0) is 19.1 Å². The second-order valence-electron chi connectivity index (χ2n) is 7.58. The topological polar surface area (TPSA) is 145 Å². The van der Waals surface area contributed by atoms with Gasteiger partial charge in [-0.3, -0.25) is 19.2 Å². The lowest BCUT2D eigenvalue weighted by molar-refractivity contribution is -0.143. The third-order valence-electron chi connectivity index (χ3n) is 5.51. The highest BCUT2D eigenvalue weighted by molar-refractivity contribution is 7.80. The van der Waals surface area contributed by atoms with E-state index in [1.54, 1.807) is 0 Å². The van der Waals surface area contributed by atoms with Gasteiger partial charge in [0.1, 0.15) is 12.1 Å². The summed E-state index contributed by atoms with van der Waals surface area (Å²) in [6.07, 6.45) is 0. The number of ketones is 2. The largest absolute Gasteiger partial charge is 0.467 e. The standard InChI is InChI=1S/C24H22N2O8S2/c1-33-23(31)15(9-35)25-21(29)13-7-3-5-11-17(13)20(28)18-12(19(11)27)6-4-8-14(18)22(30)26-16(10-36)24(32)34-2/h3-8,15-16,35-36H,9-10H2,1-2H3,(H,25,29)(H,26,30)/t15-,16-/m0/s1. The van der Waals surface area contributed by atoms with Crippen LogP contribution in [0.4, 0.5) is 0 Å². The Hall–Kier alpha value is -3.64. The predicted molar refractivity (Wildman–Crippen MR) is 134 cm³/mol. The summed E-state index contributed by atoms with van der Waals surface area (Å²) in [5, 5.41) is 4.88. The molecule has 2 aromatic rings. The molecule has 2 aromatic carbocycles. The molecule has 0 bridgehead atoms. The van der Waals surface area contributed by atoms with Crippen molar-refractivity contribution in [3.63, 3.8) is 0 Å². The summed E-state index contributed by atoms with van der Waals surface area (Å²) < 4.78 is 9.28. The zero-order valence-electron chi connectivity index (χ0n) is 19.2. The number of rotatable bonds is 8. The molecule has 0 spiro atoms. The first kappa shape index (κ1) is 27.0. The highest BCUT2D eigenvalue weighted by Gasteiger charge is 2.37. The number of nitrogens with one attached hydrogen (secondary N) is 2. The Morgan fingerprint density at radius 3 is 1.44 bits per heavy atom. The van der Waals surface area contributed by atoms with Crippen molar-refractivity contribution in [2.45, 2.75) is 12.1 Å². The number of esters is 2. The molecule has 0 heterocycles. The highest BCUT2D eigenvalue weighted by atomic mass is 32.1. The minimum Gasteiger partial charge on any atom is -0.467 e. The van der Waals surface area contributed by atoms with Crippen LogP contribution >= 0.6 is 25.3 Å². The summed E-state index contributed by atoms with van der Waals surface area (Å²) in [5.74, 6) is -4.52. The summed E-state index contributed by atoms with van der Waals surface area (Å²) in [6.45, 7) is 0. The Balaban J connectivity index is 2.07. The zero-order chi connectivity index (χ0) is 26.6. The van der Waals surface area contributed by atoms with Gasteiger partial charge in [0.25, 0.3) is 11.8 Å². The Morgan fingerprint density at radius 2 is 1.11 bits per heavy atom. The molecule has 0 fully saturated rings. The van der Waals surface area contributed by atoms with Crippen molar-refractivity contribution in [1.29, 1.82) is 0 Å². The molecular formula is C24H22N2O8S2. The number of thiol groups is 2. The maximum Gasteiger partial charge on any atom is 0.329 e. The van der Waals surface area contributed by atoms with Crippen LogP contribution < -0.4 is 10.6 Å². The minimum absolute atomic E-state index is 0.0269. The first-order chi connectivity index (χ1) is 17.2. The van der Waals surface area contributed by atoms with E-state index in [1.165, 1.54) is 36.4 Å². The molecule has 2 N–H and O–H groups in total. The lowest BCUT2D eigenvalue weighted by atomic mass is 9.79. The molecule has 3 rings (SSSR count). The summed E-state index contributed by atoms with van der Waals surface area (Å²) in [7, 11) is 2.30. The van der Waals surface area contributed by atoms with E-state index >= 15 is 0 Å². The van der Waals surface area contributed by atoms with Crippen LogP contribution in [0.15, 0.2) is 36.4 Å². The fourth-order valence-corrected chi connectivity index (χ4v) is 4.22. The van der Waals surface area contributed by atoms with Gasteiger partial charge in [0.2, 0.25) is 0 Å². The van der Waals surface area contributed by atoms with Gasteiger partial charge >= 0.3 is 11.9 Å². The molecule has 36 heavy (non-hydrogen) atoms. The number of fused-ring (bicyclic) bond motifs is 2. The first-order valence-corrected chi connectivity index (χ1v) is 11.8. The molecule has 0 saturated heterocycles. The average Bonchev–Trinajstić information content (AvgIpc) is 2.91. The van der Waals surface area contributed by atoms with Gasteiger partial charge in [0.05, 0.1) is 25.3 Å². The van der Waals surface area contributed by atoms with Gasteiger partial charge < -0.3 is 20.1 Å². The molecule has 0 radical (unpaired) electrons. The number of amides is 2. The van der Waals surface area contributed by atoms with E-state index < -0.39 is 47.4 Å². The maximum atomic E-state index is 13.7. The normalized spacial score (nSPS) is 13.6. The molecule has 0 aliphatic heterocycles. The van der Waals surface area contributed by atoms with Gasteiger partial charge in [-0.25, -0.2) is 9.59 Å². The van der Waals surface area contributed by atoms with Crippen LogP contribution in [0.3, 0.4) is 0 Å². The van der Waals surface area contributed by atoms with E-state index in [9.17, 15) is 28.8 Å². The van der Waals surface area contributed by atoms with E-state index in [-0.39, 0.29) is 44.9 Å². The van der Waals surface area contributed by atoms with Crippen molar-refractivity contribution in [2.24, 2.45) is 0 Å². The third kappa shape index (κ3) is 5.00. The van der Waals surface area contributed by atoms with Gasteiger partial charge in [0, 0.05) is 33.8 Å². The molecule has 2 amide bonds. The maximum absolute atomic E-state index is 13.7. The lowest BCUT2D eigenvalue weighted by Crippen LogP contribution is -2.44. The Bertz CT molecular complexity index is 1180. The smallest absolute Gasteiger partial charge is 0.329 e. The van der Waals surface area contributed by atoms with Crippen molar-refractivity contribution >= 4 is 60.6 Å². The molecule has 0 saturated carbocycles. The predicted octanol–water partition coefficient (Wildman–Crippen LogP) is 0.864. The summed E-state index contributed by atoms with van der Waals surface area (Å²) in [4.78, 5) is 76.8. The monoisotopic (exact) mass is 530 g/mol. The number of ether oxygens (including phenoxy) is 2. The SMILES string of the molecule is COC(=O)[C@H](CS)NC(=O)c1cccc2c1C(=O)c1c(C(=O)N[C@@H](CS)C(=O)OC)cccc1C2=O. The van der Waals surface area contributed by atoms with E-state index in [2.05, 4.69) is 45.4 Å². The van der Waals surface area contributed by atoms with Crippen LogP contribution in [-0.4, -0.2) is 73.1 Å². The summed E-state index contributed by atoms with van der Waals surface area (Å²) >= 11 is 8.07. The van der Waals surface area contributed by atoms with Crippen molar-refractivity contribution in [3.05, 3.63) is 69.8 Å². The molecule has 0 aromatic heterocycles. The molecule has 1 aliphatic rings. The van der Waals surface area contributed by atoms with Gasteiger partial charge in [-0.15, -0.1) is 0 Å². The van der Waals surface area contributed by atoms with Crippen LogP contribution in [0.25, 0.3) is 0 Å². The van der Waals surface area contributed by atoms with Gasteiger partial charge in [0.15, 0.2) is 11.6 Å². The van der Waals surface area contributed by atoms with E-state index in [0.29, 0.717) is 0 Å². The zero-order valence-corrected chi connectivity index (χ0v) is 21.0. The lowest BCUT2D eigenvalue weighted by Gasteiger charge is -2.23. The van der Waals surface area contributed by atoms with E-state index in [4.69, 9.17) is 0 Å². The summed E-state index contributed by atoms with van der Waals surface area (Å²) in [6, 6.07) is 6.12. The third-order valence-corrected chi connectivity index (χ3v) is 6.24. The van der Waals surface area contributed by atoms with Crippen molar-refractivity contribution in [3.8, 4) is 0 Å². The van der Waals surface area contributed by atoms with Crippen molar-refractivity contribution < 1.29 is 38.2 Å². The van der Waals surface area contributed by atoms with Crippen LogP contribution in [0.1, 0.15) is 52.6 Å². The quantitative estimate of drug-likeness (QED) is 0.248. The van der Waals surface area contributed by atoms with E-state index in [0.717, 1.165) is 14.2 Å². The second-order valence-corrected chi connectivity index (χ2v) is 8.31. The molecule has 10 nitrogen and oxygen atoms in total. The Kier molecular flexibility index (Phi) is 8.53. The number of hydrogen-bond acceptors (Lipinski definition) is 10. The van der Waals surface area contributed by atoms with Crippen LogP contribution in [0.2, 0.25) is 0 Å². The Morgan fingerprint density at radius 1 is 0.722 bits per heavy atom. The molecule has 12 heteroatoms. The Labute approximate surface area is 216 Å². The molecule has 188 valence electrons. The molecular weight excluding hydrogens is 508 g/mol. The number of carbonyl (C=O) groups is 6. The number of benzene rings is 2. The van der Waals surface area contributed by atoms with Gasteiger partial charge in [-0.05, 0) is 12.1 Å². The van der Waals surface area contributed by atoms with Crippen molar-refractivity contribution in [1.82, 2.24) is 10.6 Å². The van der Waals surface area contributed by atoms with E-state index in [1.807, 2.05) is 0 Å².